The molecule has 2 nitrogen and oxygen atoms in total. The number of rotatable bonds is 4. The molecule has 0 amide bonds. The molecule has 0 aliphatic carbocycles. The lowest BCUT2D eigenvalue weighted by molar-refractivity contribution is 0.0853. The zero-order chi connectivity index (χ0) is 10.6. The SMILES string of the molecule is CC(C)N1CCCC(C(F)CCN)C1. The second-order valence-corrected chi connectivity index (χ2v) is 4.58. The minimum Gasteiger partial charge on any atom is -0.330 e. The molecule has 3 heteroatoms. The van der Waals surface area contributed by atoms with E-state index in [4.69, 9.17) is 5.73 Å². The second kappa shape index (κ2) is 5.66. The molecule has 0 radical (unpaired) electrons. The van der Waals surface area contributed by atoms with Crippen LogP contribution in [-0.4, -0.2) is 36.7 Å². The number of hydrogen-bond donors (Lipinski definition) is 1. The average molecular weight is 202 g/mol. The molecule has 0 bridgehead atoms. The minimum atomic E-state index is -0.693. The first-order chi connectivity index (χ1) is 6.65. The van der Waals surface area contributed by atoms with Crippen LogP contribution in [0.4, 0.5) is 4.39 Å². The largest absolute Gasteiger partial charge is 0.330 e. The highest BCUT2D eigenvalue weighted by Gasteiger charge is 2.27. The zero-order valence-electron chi connectivity index (χ0n) is 9.38. The number of piperidine rings is 1. The van der Waals surface area contributed by atoms with Crippen LogP contribution in [0.25, 0.3) is 0 Å². The van der Waals surface area contributed by atoms with E-state index in [1.165, 1.54) is 0 Å². The maximum Gasteiger partial charge on any atom is 0.105 e. The number of likely N-dealkylation sites (tertiary alicyclic amines) is 1. The third-order valence-electron chi connectivity index (χ3n) is 3.17. The Morgan fingerprint density at radius 1 is 1.50 bits per heavy atom. The molecule has 84 valence electrons. The first kappa shape index (κ1) is 11.9. The molecule has 0 saturated carbocycles. The van der Waals surface area contributed by atoms with Crippen molar-refractivity contribution >= 4 is 0 Å². The summed E-state index contributed by atoms with van der Waals surface area (Å²) >= 11 is 0. The molecule has 1 saturated heterocycles. The zero-order valence-corrected chi connectivity index (χ0v) is 9.38. The lowest BCUT2D eigenvalue weighted by Crippen LogP contribution is -2.43. The monoisotopic (exact) mass is 202 g/mol. The van der Waals surface area contributed by atoms with Gasteiger partial charge in [-0.25, -0.2) is 4.39 Å². The van der Waals surface area contributed by atoms with Gasteiger partial charge in [0.2, 0.25) is 0 Å². The van der Waals surface area contributed by atoms with Crippen LogP contribution < -0.4 is 5.73 Å². The van der Waals surface area contributed by atoms with Crippen molar-refractivity contribution in [3.63, 3.8) is 0 Å². The topological polar surface area (TPSA) is 29.3 Å². The summed E-state index contributed by atoms with van der Waals surface area (Å²) in [6.07, 6.45) is 2.00. The van der Waals surface area contributed by atoms with Crippen molar-refractivity contribution in [1.29, 1.82) is 0 Å². The summed E-state index contributed by atoms with van der Waals surface area (Å²) in [4.78, 5) is 2.37. The maximum absolute atomic E-state index is 13.6. The molecule has 1 rings (SSSR count). The van der Waals surface area contributed by atoms with Gasteiger partial charge in [-0.1, -0.05) is 0 Å². The van der Waals surface area contributed by atoms with Crippen molar-refractivity contribution in [2.24, 2.45) is 11.7 Å². The fourth-order valence-electron chi connectivity index (χ4n) is 2.20. The van der Waals surface area contributed by atoms with Crippen LogP contribution in [0.15, 0.2) is 0 Å². The number of nitrogens with two attached hydrogens (primary N) is 1. The van der Waals surface area contributed by atoms with Crippen molar-refractivity contribution in [3.8, 4) is 0 Å². The van der Waals surface area contributed by atoms with Gasteiger partial charge in [-0.05, 0) is 46.2 Å². The van der Waals surface area contributed by atoms with Crippen molar-refractivity contribution in [2.45, 2.75) is 45.3 Å². The molecule has 0 aromatic heterocycles. The third-order valence-corrected chi connectivity index (χ3v) is 3.17. The van der Waals surface area contributed by atoms with E-state index in [9.17, 15) is 4.39 Å². The Morgan fingerprint density at radius 2 is 2.21 bits per heavy atom. The Labute approximate surface area is 86.6 Å². The number of halogens is 1. The molecule has 14 heavy (non-hydrogen) atoms. The number of alkyl halides is 1. The highest BCUT2D eigenvalue weighted by atomic mass is 19.1. The summed E-state index contributed by atoms with van der Waals surface area (Å²) in [6.45, 7) is 6.87. The molecule has 1 heterocycles. The summed E-state index contributed by atoms with van der Waals surface area (Å²) in [5.74, 6) is 0.217. The van der Waals surface area contributed by atoms with Crippen molar-refractivity contribution in [2.75, 3.05) is 19.6 Å². The summed E-state index contributed by atoms with van der Waals surface area (Å²) < 4.78 is 13.6. The molecule has 0 spiro atoms. The highest BCUT2D eigenvalue weighted by molar-refractivity contribution is 4.80. The van der Waals surface area contributed by atoms with E-state index in [0.717, 1.165) is 25.9 Å². The molecular formula is C11H23FN2. The van der Waals surface area contributed by atoms with Crippen LogP contribution in [-0.2, 0) is 0 Å². The normalized spacial score (nSPS) is 26.8. The van der Waals surface area contributed by atoms with Gasteiger partial charge >= 0.3 is 0 Å². The molecular weight excluding hydrogens is 179 g/mol. The molecule has 0 aromatic rings. The van der Waals surface area contributed by atoms with Gasteiger partial charge in [0.1, 0.15) is 6.17 Å². The van der Waals surface area contributed by atoms with Crippen molar-refractivity contribution < 1.29 is 4.39 Å². The smallest absolute Gasteiger partial charge is 0.105 e. The van der Waals surface area contributed by atoms with Gasteiger partial charge in [0.05, 0.1) is 0 Å². The van der Waals surface area contributed by atoms with E-state index < -0.39 is 6.17 Å². The van der Waals surface area contributed by atoms with Crippen LogP contribution in [0, 0.1) is 5.92 Å². The van der Waals surface area contributed by atoms with E-state index in [2.05, 4.69) is 18.7 Å². The van der Waals surface area contributed by atoms with Gasteiger partial charge in [0.25, 0.3) is 0 Å². The predicted octanol–water partition coefficient (Wildman–Crippen LogP) is 1.79. The Kier molecular flexibility index (Phi) is 4.82. The maximum atomic E-state index is 13.6. The summed E-state index contributed by atoms with van der Waals surface area (Å²) in [5, 5.41) is 0. The van der Waals surface area contributed by atoms with Gasteiger partial charge in [0.15, 0.2) is 0 Å². The summed E-state index contributed by atoms with van der Waals surface area (Å²) in [6, 6.07) is 0.544. The highest BCUT2D eigenvalue weighted by Crippen LogP contribution is 2.24. The lowest BCUT2D eigenvalue weighted by Gasteiger charge is -2.36. The van der Waals surface area contributed by atoms with E-state index in [1.54, 1.807) is 0 Å². The van der Waals surface area contributed by atoms with Crippen LogP contribution in [0.5, 0.6) is 0 Å². The van der Waals surface area contributed by atoms with Gasteiger partial charge in [-0.2, -0.15) is 0 Å². The van der Waals surface area contributed by atoms with E-state index in [-0.39, 0.29) is 5.92 Å². The van der Waals surface area contributed by atoms with Gasteiger partial charge < -0.3 is 10.6 Å². The van der Waals surface area contributed by atoms with Gasteiger partial charge in [-0.3, -0.25) is 0 Å². The van der Waals surface area contributed by atoms with E-state index >= 15 is 0 Å². The van der Waals surface area contributed by atoms with Crippen LogP contribution >= 0.6 is 0 Å². The first-order valence-electron chi connectivity index (χ1n) is 5.73. The van der Waals surface area contributed by atoms with Gasteiger partial charge in [-0.15, -0.1) is 0 Å². The fraction of sp³-hybridized carbons (Fsp3) is 1.00. The molecule has 2 unspecified atom stereocenters. The molecule has 1 aliphatic heterocycles. The second-order valence-electron chi connectivity index (χ2n) is 4.58. The Balaban J connectivity index is 2.39. The minimum absolute atomic E-state index is 0.217. The quantitative estimate of drug-likeness (QED) is 0.753. The summed E-state index contributed by atoms with van der Waals surface area (Å²) in [5.41, 5.74) is 5.38. The average Bonchev–Trinajstić information content (AvgIpc) is 2.18. The number of hydrogen-bond acceptors (Lipinski definition) is 2. The molecule has 1 aliphatic rings. The molecule has 2 atom stereocenters. The Hall–Kier alpha value is -0.150. The van der Waals surface area contributed by atoms with Crippen LogP contribution in [0.1, 0.15) is 33.1 Å². The summed E-state index contributed by atoms with van der Waals surface area (Å²) in [7, 11) is 0. The lowest BCUT2D eigenvalue weighted by atomic mass is 9.91. The Morgan fingerprint density at radius 3 is 2.79 bits per heavy atom. The Bertz CT molecular complexity index is 161. The molecule has 1 fully saturated rings. The third kappa shape index (κ3) is 3.21. The number of nitrogens with zero attached hydrogens (tertiary/aromatic N) is 1. The van der Waals surface area contributed by atoms with Crippen molar-refractivity contribution in [3.05, 3.63) is 0 Å². The van der Waals surface area contributed by atoms with Crippen molar-refractivity contribution in [1.82, 2.24) is 4.90 Å². The van der Waals surface area contributed by atoms with Crippen LogP contribution in [0.2, 0.25) is 0 Å². The van der Waals surface area contributed by atoms with E-state index in [0.29, 0.717) is 19.0 Å². The molecule has 2 N–H and O–H groups in total. The fourth-order valence-corrected chi connectivity index (χ4v) is 2.20. The van der Waals surface area contributed by atoms with Gasteiger partial charge in [0, 0.05) is 18.5 Å². The standard InChI is InChI=1S/C11H23FN2/c1-9(2)14-7-3-4-10(8-14)11(12)5-6-13/h9-11H,3-8,13H2,1-2H3. The first-order valence-corrected chi connectivity index (χ1v) is 5.73. The van der Waals surface area contributed by atoms with Crippen LogP contribution in [0.3, 0.4) is 0 Å². The van der Waals surface area contributed by atoms with E-state index in [1.807, 2.05) is 0 Å². The molecule has 0 aromatic carbocycles. The predicted molar refractivity (Wildman–Crippen MR) is 58.0 cm³/mol.